The van der Waals surface area contributed by atoms with Gasteiger partial charge in [-0.05, 0) is 29.3 Å². The monoisotopic (exact) mass is 185 g/mol. The lowest BCUT2D eigenvalue weighted by Gasteiger charge is -1.96. The van der Waals surface area contributed by atoms with E-state index < -0.39 is 0 Å². The lowest BCUT2D eigenvalue weighted by Crippen LogP contribution is -1.74. The lowest BCUT2D eigenvalue weighted by molar-refractivity contribution is 1.11. The standard InChI is InChI=1S/C8H11NS2/c1-2-7-10-11-8-5-3-4-6-9-8/h3-6H,2,7H2,1H3. The minimum atomic E-state index is 1.10. The summed E-state index contributed by atoms with van der Waals surface area (Å²) in [4.78, 5) is 4.19. The molecule has 0 spiro atoms. The zero-order valence-electron chi connectivity index (χ0n) is 6.49. The Morgan fingerprint density at radius 2 is 2.36 bits per heavy atom. The molecule has 1 heterocycles. The SMILES string of the molecule is CCCSSc1ccccn1. The minimum absolute atomic E-state index is 1.10. The molecule has 0 atom stereocenters. The van der Waals surface area contributed by atoms with Gasteiger partial charge in [0.2, 0.25) is 0 Å². The molecule has 3 heteroatoms. The first-order valence-electron chi connectivity index (χ1n) is 3.64. The van der Waals surface area contributed by atoms with Crippen molar-refractivity contribution in [3.63, 3.8) is 0 Å². The maximum atomic E-state index is 4.19. The van der Waals surface area contributed by atoms with E-state index in [9.17, 15) is 0 Å². The van der Waals surface area contributed by atoms with E-state index in [0.29, 0.717) is 0 Å². The Balaban J connectivity index is 2.28. The van der Waals surface area contributed by atoms with Crippen molar-refractivity contribution in [3.05, 3.63) is 24.4 Å². The number of hydrogen-bond donors (Lipinski definition) is 0. The van der Waals surface area contributed by atoms with E-state index >= 15 is 0 Å². The van der Waals surface area contributed by atoms with Gasteiger partial charge in [-0.15, -0.1) is 0 Å². The van der Waals surface area contributed by atoms with Gasteiger partial charge in [0.05, 0.1) is 0 Å². The van der Waals surface area contributed by atoms with Gasteiger partial charge in [-0.25, -0.2) is 4.98 Å². The lowest BCUT2D eigenvalue weighted by atomic mass is 10.5. The summed E-state index contributed by atoms with van der Waals surface area (Å²) in [7, 11) is 3.61. The smallest absolute Gasteiger partial charge is 0.106 e. The maximum absolute atomic E-state index is 4.19. The molecule has 0 saturated carbocycles. The van der Waals surface area contributed by atoms with Crippen LogP contribution < -0.4 is 0 Å². The molecule has 1 nitrogen and oxygen atoms in total. The van der Waals surface area contributed by atoms with Crippen LogP contribution in [-0.2, 0) is 0 Å². The van der Waals surface area contributed by atoms with Crippen molar-refractivity contribution in [2.45, 2.75) is 18.4 Å². The first-order chi connectivity index (χ1) is 5.43. The normalized spacial score (nSPS) is 9.91. The van der Waals surface area contributed by atoms with Crippen molar-refractivity contribution in [2.75, 3.05) is 5.75 Å². The van der Waals surface area contributed by atoms with Crippen LogP contribution in [0, 0.1) is 0 Å². The van der Waals surface area contributed by atoms with Gasteiger partial charge in [0.1, 0.15) is 5.03 Å². The van der Waals surface area contributed by atoms with Gasteiger partial charge in [-0.2, -0.15) is 0 Å². The molecule has 0 amide bonds. The summed E-state index contributed by atoms with van der Waals surface area (Å²) >= 11 is 0. The second-order valence-corrected chi connectivity index (χ2v) is 4.51. The fourth-order valence-electron chi connectivity index (χ4n) is 0.582. The van der Waals surface area contributed by atoms with Crippen LogP contribution in [0.15, 0.2) is 29.4 Å². The molecule has 0 saturated heterocycles. The molecule has 60 valence electrons. The molecule has 0 unspecified atom stereocenters. The Kier molecular flexibility index (Phi) is 4.47. The molecule has 0 aliphatic carbocycles. The molecule has 1 rings (SSSR count). The number of pyridine rings is 1. The third kappa shape index (κ3) is 3.68. The fraction of sp³-hybridized carbons (Fsp3) is 0.375. The van der Waals surface area contributed by atoms with Crippen LogP contribution in [0.1, 0.15) is 13.3 Å². The maximum Gasteiger partial charge on any atom is 0.106 e. The number of aromatic nitrogens is 1. The van der Waals surface area contributed by atoms with Gasteiger partial charge in [-0.1, -0.05) is 23.8 Å². The highest BCUT2D eigenvalue weighted by Crippen LogP contribution is 2.28. The summed E-state index contributed by atoms with van der Waals surface area (Å²) in [6.45, 7) is 2.19. The average Bonchev–Trinajstić information content (AvgIpc) is 2.07. The Hall–Kier alpha value is -0.150. The van der Waals surface area contributed by atoms with Crippen LogP contribution in [-0.4, -0.2) is 10.7 Å². The third-order valence-corrected chi connectivity index (χ3v) is 3.54. The highest BCUT2D eigenvalue weighted by atomic mass is 33.1. The molecule has 0 N–H and O–H groups in total. The van der Waals surface area contributed by atoms with Gasteiger partial charge in [0, 0.05) is 11.9 Å². The predicted molar refractivity (Wildman–Crippen MR) is 52.8 cm³/mol. The number of nitrogens with zero attached hydrogens (tertiary/aromatic N) is 1. The first-order valence-corrected chi connectivity index (χ1v) is 5.96. The van der Waals surface area contributed by atoms with Gasteiger partial charge in [-0.3, -0.25) is 0 Å². The summed E-state index contributed by atoms with van der Waals surface area (Å²) in [6, 6.07) is 5.99. The van der Waals surface area contributed by atoms with E-state index in [1.165, 1.54) is 12.2 Å². The summed E-state index contributed by atoms with van der Waals surface area (Å²) in [5.74, 6) is 1.20. The quantitative estimate of drug-likeness (QED) is 0.528. The molecule has 0 aromatic carbocycles. The first kappa shape index (κ1) is 8.94. The third-order valence-electron chi connectivity index (χ3n) is 1.07. The Morgan fingerprint density at radius 1 is 1.45 bits per heavy atom. The molecule has 0 aliphatic heterocycles. The summed E-state index contributed by atoms with van der Waals surface area (Å²) < 4.78 is 0. The second kappa shape index (κ2) is 5.49. The van der Waals surface area contributed by atoms with Gasteiger partial charge < -0.3 is 0 Å². The van der Waals surface area contributed by atoms with Crippen molar-refractivity contribution in [1.29, 1.82) is 0 Å². The number of rotatable bonds is 4. The van der Waals surface area contributed by atoms with Crippen LogP contribution in [0.2, 0.25) is 0 Å². The molecule has 0 bridgehead atoms. The molecule has 0 fully saturated rings. The highest BCUT2D eigenvalue weighted by molar-refractivity contribution is 8.76. The fourth-order valence-corrected chi connectivity index (χ4v) is 2.60. The van der Waals surface area contributed by atoms with Crippen LogP contribution in [0.4, 0.5) is 0 Å². The number of hydrogen-bond acceptors (Lipinski definition) is 3. The van der Waals surface area contributed by atoms with E-state index in [-0.39, 0.29) is 0 Å². The van der Waals surface area contributed by atoms with Crippen LogP contribution >= 0.6 is 21.6 Å². The van der Waals surface area contributed by atoms with Gasteiger partial charge in [0.15, 0.2) is 0 Å². The van der Waals surface area contributed by atoms with Crippen LogP contribution in [0.3, 0.4) is 0 Å². The zero-order valence-corrected chi connectivity index (χ0v) is 8.12. The van der Waals surface area contributed by atoms with Crippen molar-refractivity contribution in [2.24, 2.45) is 0 Å². The Bertz CT molecular complexity index is 189. The van der Waals surface area contributed by atoms with Crippen molar-refractivity contribution >= 4 is 21.6 Å². The van der Waals surface area contributed by atoms with Crippen molar-refractivity contribution in [3.8, 4) is 0 Å². The van der Waals surface area contributed by atoms with Crippen LogP contribution in [0.5, 0.6) is 0 Å². The van der Waals surface area contributed by atoms with E-state index in [2.05, 4.69) is 11.9 Å². The molecule has 0 aliphatic rings. The second-order valence-electron chi connectivity index (χ2n) is 2.07. The molecule has 0 radical (unpaired) electrons. The van der Waals surface area contributed by atoms with E-state index in [4.69, 9.17) is 0 Å². The molecular formula is C8H11NS2. The highest BCUT2D eigenvalue weighted by Gasteiger charge is 1.91. The molecular weight excluding hydrogens is 174 g/mol. The van der Waals surface area contributed by atoms with E-state index in [1.54, 1.807) is 10.8 Å². The molecule has 1 aromatic rings. The van der Waals surface area contributed by atoms with Gasteiger partial charge >= 0.3 is 0 Å². The van der Waals surface area contributed by atoms with Crippen molar-refractivity contribution < 1.29 is 0 Å². The van der Waals surface area contributed by atoms with Gasteiger partial charge in [0.25, 0.3) is 0 Å². The summed E-state index contributed by atoms with van der Waals surface area (Å²) in [6.07, 6.45) is 3.05. The largest absolute Gasteiger partial charge is 0.249 e. The predicted octanol–water partition coefficient (Wildman–Crippen LogP) is 3.23. The summed E-state index contributed by atoms with van der Waals surface area (Å²) in [5, 5.41) is 1.10. The molecule has 1 aromatic heterocycles. The van der Waals surface area contributed by atoms with Crippen molar-refractivity contribution in [1.82, 2.24) is 4.98 Å². The molecule has 11 heavy (non-hydrogen) atoms. The van der Waals surface area contributed by atoms with E-state index in [1.807, 2.05) is 35.2 Å². The van der Waals surface area contributed by atoms with E-state index in [0.717, 1.165) is 5.03 Å². The Morgan fingerprint density at radius 3 is 3.00 bits per heavy atom. The minimum Gasteiger partial charge on any atom is -0.249 e. The zero-order chi connectivity index (χ0) is 7.94. The van der Waals surface area contributed by atoms with Crippen LogP contribution in [0.25, 0.3) is 0 Å². The summed E-state index contributed by atoms with van der Waals surface area (Å²) in [5.41, 5.74) is 0. The average molecular weight is 185 g/mol. The Labute approximate surface area is 75.4 Å². The topological polar surface area (TPSA) is 12.9 Å².